The smallest absolute Gasteiger partial charge is 0.242 e. The monoisotopic (exact) mass is 360 g/mol. The van der Waals surface area contributed by atoms with Crippen LogP contribution in [0.1, 0.15) is 50.7 Å². The van der Waals surface area contributed by atoms with Gasteiger partial charge in [0.15, 0.2) is 0 Å². The molecule has 2 aliphatic carbocycles. The van der Waals surface area contributed by atoms with Crippen LogP contribution in [0.15, 0.2) is 22.8 Å². The lowest BCUT2D eigenvalue weighted by Crippen LogP contribution is -2.48. The second-order valence-corrected chi connectivity index (χ2v) is 7.81. The van der Waals surface area contributed by atoms with Crippen LogP contribution >= 0.6 is 0 Å². The van der Waals surface area contributed by atoms with Gasteiger partial charge in [-0.3, -0.25) is 9.59 Å². The Labute approximate surface area is 154 Å². The minimum absolute atomic E-state index is 0.00327. The molecule has 3 aliphatic rings. The van der Waals surface area contributed by atoms with Crippen molar-refractivity contribution < 1.29 is 18.7 Å². The van der Waals surface area contributed by atoms with Crippen LogP contribution in [0.3, 0.4) is 0 Å². The first-order valence-electron chi connectivity index (χ1n) is 9.93. The van der Waals surface area contributed by atoms with E-state index in [1.165, 1.54) is 0 Å². The van der Waals surface area contributed by atoms with E-state index >= 15 is 0 Å². The Balaban J connectivity index is 1.42. The molecule has 26 heavy (non-hydrogen) atoms. The summed E-state index contributed by atoms with van der Waals surface area (Å²) in [4.78, 5) is 29.5. The zero-order valence-corrected chi connectivity index (χ0v) is 15.3. The van der Waals surface area contributed by atoms with Gasteiger partial charge in [-0.05, 0) is 50.7 Å². The lowest BCUT2D eigenvalue weighted by molar-refractivity contribution is -0.146. The van der Waals surface area contributed by atoms with E-state index in [-0.39, 0.29) is 36.4 Å². The van der Waals surface area contributed by atoms with Crippen molar-refractivity contribution in [3.8, 4) is 0 Å². The van der Waals surface area contributed by atoms with Crippen molar-refractivity contribution >= 4 is 11.8 Å². The van der Waals surface area contributed by atoms with Gasteiger partial charge in [-0.15, -0.1) is 0 Å². The first-order chi connectivity index (χ1) is 12.7. The largest absolute Gasteiger partial charge is 0.467 e. The molecule has 2 amide bonds. The Kier molecular flexibility index (Phi) is 5.29. The molecule has 1 aromatic heterocycles. The molecule has 1 saturated heterocycles. The number of rotatable bonds is 8. The van der Waals surface area contributed by atoms with Crippen molar-refractivity contribution in [3.63, 3.8) is 0 Å². The average molecular weight is 360 g/mol. The number of furan rings is 1. The van der Waals surface area contributed by atoms with Crippen LogP contribution < -0.4 is 0 Å². The molecule has 6 heteroatoms. The van der Waals surface area contributed by atoms with Crippen LogP contribution in [0.2, 0.25) is 0 Å². The van der Waals surface area contributed by atoms with Crippen molar-refractivity contribution in [2.45, 2.75) is 63.6 Å². The Morgan fingerprint density at radius 2 is 1.96 bits per heavy atom. The van der Waals surface area contributed by atoms with E-state index in [0.717, 1.165) is 57.3 Å². The predicted molar refractivity (Wildman–Crippen MR) is 95.2 cm³/mol. The third kappa shape index (κ3) is 4.11. The molecule has 1 atom stereocenters. The van der Waals surface area contributed by atoms with Crippen molar-refractivity contribution in [3.05, 3.63) is 24.2 Å². The lowest BCUT2D eigenvalue weighted by atomic mass is 9.84. The second kappa shape index (κ2) is 7.82. The van der Waals surface area contributed by atoms with Gasteiger partial charge >= 0.3 is 0 Å². The highest BCUT2D eigenvalue weighted by atomic mass is 16.5. The lowest BCUT2D eigenvalue weighted by Gasteiger charge is -2.33. The fraction of sp³-hybridized carbons (Fsp3) is 0.700. The molecule has 0 aromatic carbocycles. The minimum atomic E-state index is -0.00327. The van der Waals surface area contributed by atoms with Gasteiger partial charge in [-0.25, -0.2) is 0 Å². The van der Waals surface area contributed by atoms with Gasteiger partial charge in [0.1, 0.15) is 12.3 Å². The van der Waals surface area contributed by atoms with Crippen LogP contribution in [0.5, 0.6) is 0 Å². The quantitative estimate of drug-likeness (QED) is 0.715. The summed E-state index contributed by atoms with van der Waals surface area (Å²) in [6.07, 6.45) is 8.87. The summed E-state index contributed by atoms with van der Waals surface area (Å²) in [7, 11) is 0. The van der Waals surface area contributed by atoms with E-state index in [1.807, 2.05) is 17.0 Å². The second-order valence-electron chi connectivity index (χ2n) is 7.81. The Morgan fingerprint density at radius 3 is 2.54 bits per heavy atom. The number of amides is 2. The minimum Gasteiger partial charge on any atom is -0.467 e. The third-order valence-electron chi connectivity index (χ3n) is 5.76. The Bertz CT molecular complexity index is 616. The molecule has 1 aromatic rings. The molecule has 0 radical (unpaired) electrons. The fourth-order valence-corrected chi connectivity index (χ4v) is 3.79. The fourth-order valence-electron chi connectivity index (χ4n) is 3.79. The number of hydrogen-bond donors (Lipinski definition) is 0. The summed E-state index contributed by atoms with van der Waals surface area (Å²) < 4.78 is 11.2. The normalized spacial score (nSPS) is 22.8. The number of ether oxygens (including phenoxy) is 1. The standard InChI is InChI=1S/C20H28N2O4/c23-19(14-22(16-8-9-16)20(24)15-4-1-5-15)21(12-17-6-2-10-25-17)13-18-7-3-11-26-18/h2,6,10,15-16,18H,1,3-5,7-9,11-14H2. The van der Waals surface area contributed by atoms with Crippen LogP contribution in [0, 0.1) is 5.92 Å². The van der Waals surface area contributed by atoms with Crippen LogP contribution in [-0.2, 0) is 20.9 Å². The zero-order chi connectivity index (χ0) is 17.9. The molecule has 1 unspecified atom stereocenters. The number of carbonyl (C=O) groups excluding carboxylic acids is 2. The SMILES string of the molecule is O=C(CN(C(=O)C1CCC1)C1CC1)N(Cc1ccco1)CC1CCCO1. The van der Waals surface area contributed by atoms with Crippen molar-refractivity contribution in [1.29, 1.82) is 0 Å². The maximum absolute atomic E-state index is 13.1. The molecule has 1 aliphatic heterocycles. The Morgan fingerprint density at radius 1 is 1.12 bits per heavy atom. The van der Waals surface area contributed by atoms with Crippen LogP contribution in [0.25, 0.3) is 0 Å². The molecule has 3 fully saturated rings. The summed E-state index contributed by atoms with van der Waals surface area (Å²) in [5.41, 5.74) is 0. The van der Waals surface area contributed by atoms with Gasteiger partial charge in [0, 0.05) is 25.1 Å². The summed E-state index contributed by atoms with van der Waals surface area (Å²) >= 11 is 0. The van der Waals surface area contributed by atoms with E-state index in [2.05, 4.69) is 0 Å². The summed E-state index contributed by atoms with van der Waals surface area (Å²) in [6, 6.07) is 3.98. The molecular formula is C20H28N2O4. The highest BCUT2D eigenvalue weighted by molar-refractivity contribution is 5.86. The van der Waals surface area contributed by atoms with Crippen LogP contribution in [0.4, 0.5) is 0 Å². The summed E-state index contributed by atoms with van der Waals surface area (Å²) in [6.45, 7) is 1.95. The van der Waals surface area contributed by atoms with Crippen molar-refractivity contribution in [1.82, 2.24) is 9.80 Å². The summed E-state index contributed by atoms with van der Waals surface area (Å²) in [5, 5.41) is 0. The molecule has 2 heterocycles. The molecule has 0 spiro atoms. The molecule has 6 nitrogen and oxygen atoms in total. The molecule has 142 valence electrons. The zero-order valence-electron chi connectivity index (χ0n) is 15.3. The first kappa shape index (κ1) is 17.6. The van der Waals surface area contributed by atoms with Gasteiger partial charge in [-0.2, -0.15) is 0 Å². The average Bonchev–Trinajstić information content (AvgIpc) is 3.06. The van der Waals surface area contributed by atoms with Crippen LogP contribution in [-0.4, -0.2) is 53.5 Å². The topological polar surface area (TPSA) is 63.0 Å². The molecule has 0 bridgehead atoms. The molecular weight excluding hydrogens is 332 g/mol. The van der Waals surface area contributed by atoms with E-state index in [4.69, 9.17) is 9.15 Å². The van der Waals surface area contributed by atoms with Crippen molar-refractivity contribution in [2.24, 2.45) is 5.92 Å². The number of hydrogen-bond acceptors (Lipinski definition) is 4. The van der Waals surface area contributed by atoms with E-state index < -0.39 is 0 Å². The predicted octanol–water partition coefficient (Wildman–Crippen LogP) is 2.58. The molecule has 0 N–H and O–H groups in total. The van der Waals surface area contributed by atoms with Gasteiger partial charge in [0.2, 0.25) is 11.8 Å². The van der Waals surface area contributed by atoms with E-state index in [1.54, 1.807) is 11.2 Å². The third-order valence-corrected chi connectivity index (χ3v) is 5.76. The highest BCUT2D eigenvalue weighted by Crippen LogP contribution is 2.34. The first-order valence-corrected chi connectivity index (χ1v) is 9.93. The van der Waals surface area contributed by atoms with Gasteiger partial charge in [-0.1, -0.05) is 6.42 Å². The van der Waals surface area contributed by atoms with Crippen molar-refractivity contribution in [2.75, 3.05) is 19.7 Å². The van der Waals surface area contributed by atoms with Gasteiger partial charge in [0.05, 0.1) is 18.9 Å². The maximum Gasteiger partial charge on any atom is 0.242 e. The summed E-state index contributed by atoms with van der Waals surface area (Å²) in [5.74, 6) is 1.08. The molecule has 2 saturated carbocycles. The van der Waals surface area contributed by atoms with Gasteiger partial charge < -0.3 is 19.0 Å². The number of nitrogens with zero attached hydrogens (tertiary/aromatic N) is 2. The molecule has 4 rings (SSSR count). The highest BCUT2D eigenvalue weighted by Gasteiger charge is 2.39. The van der Waals surface area contributed by atoms with E-state index in [0.29, 0.717) is 13.1 Å². The number of carbonyl (C=O) groups is 2. The van der Waals surface area contributed by atoms with Gasteiger partial charge in [0.25, 0.3) is 0 Å². The maximum atomic E-state index is 13.1. The Hall–Kier alpha value is -1.82. The van der Waals surface area contributed by atoms with E-state index in [9.17, 15) is 9.59 Å².